The van der Waals surface area contributed by atoms with Crippen molar-refractivity contribution in [3.05, 3.63) is 47.2 Å². The summed E-state index contributed by atoms with van der Waals surface area (Å²) >= 11 is 0. The lowest BCUT2D eigenvalue weighted by Crippen LogP contribution is -2.15. The van der Waals surface area contributed by atoms with Gasteiger partial charge < -0.3 is 27.0 Å². The van der Waals surface area contributed by atoms with E-state index in [-0.39, 0.29) is 17.1 Å². The van der Waals surface area contributed by atoms with Gasteiger partial charge in [0, 0.05) is 17.5 Å². The van der Waals surface area contributed by atoms with Crippen molar-refractivity contribution in [3.8, 4) is 17.1 Å². The third kappa shape index (κ3) is 2.21. The van der Waals surface area contributed by atoms with E-state index in [1.54, 1.807) is 24.3 Å². The van der Waals surface area contributed by atoms with Gasteiger partial charge in [-0.05, 0) is 30.7 Å². The molecule has 3 aromatic rings. The van der Waals surface area contributed by atoms with Crippen molar-refractivity contribution >= 4 is 23.6 Å². The Morgan fingerprint density at radius 2 is 2.08 bits per heavy atom. The summed E-state index contributed by atoms with van der Waals surface area (Å²) in [4.78, 5) is 11.9. The molecule has 0 aliphatic carbocycles. The second-order valence-corrected chi connectivity index (χ2v) is 5.24. The third-order valence-corrected chi connectivity index (χ3v) is 3.73. The van der Waals surface area contributed by atoms with Gasteiger partial charge in [-0.1, -0.05) is 6.07 Å². The molecule has 0 fully saturated rings. The standard InChI is InChI=1S/C16H16N6O2/c1-8-4-5-10(18)9(7-17)14(8)22-15(19)12(16(20)23)13(21-22)11-3-2-6-24-11/h2-7,17H,18-19H2,1H3,(H2,20,23). The zero-order valence-corrected chi connectivity index (χ0v) is 12.9. The highest BCUT2D eigenvalue weighted by Gasteiger charge is 2.25. The highest BCUT2D eigenvalue weighted by atomic mass is 16.3. The summed E-state index contributed by atoms with van der Waals surface area (Å²) in [6, 6.07) is 6.81. The number of aryl methyl sites for hydroxylation is 1. The van der Waals surface area contributed by atoms with Gasteiger partial charge in [-0.25, -0.2) is 4.68 Å². The van der Waals surface area contributed by atoms with Gasteiger partial charge in [-0.2, -0.15) is 5.10 Å². The molecule has 0 saturated carbocycles. The fraction of sp³-hybridized carbons (Fsp3) is 0.0625. The van der Waals surface area contributed by atoms with Crippen molar-refractivity contribution in [1.82, 2.24) is 9.78 Å². The van der Waals surface area contributed by atoms with Crippen LogP contribution in [0, 0.1) is 12.3 Å². The molecule has 2 aromatic heterocycles. The first-order valence-corrected chi connectivity index (χ1v) is 7.07. The number of anilines is 2. The van der Waals surface area contributed by atoms with Gasteiger partial charge in [0.15, 0.2) is 5.76 Å². The van der Waals surface area contributed by atoms with Crippen LogP contribution in [0.4, 0.5) is 11.5 Å². The molecule has 0 bridgehead atoms. The number of primary amides is 1. The molecule has 1 aromatic carbocycles. The molecule has 122 valence electrons. The number of rotatable bonds is 4. The molecule has 0 radical (unpaired) electrons. The number of nitrogens with one attached hydrogen (secondary N) is 1. The predicted octanol–water partition coefficient (Wildman–Crippen LogP) is 1.70. The number of nitrogens with two attached hydrogens (primary N) is 3. The Labute approximate surface area is 137 Å². The van der Waals surface area contributed by atoms with Crippen molar-refractivity contribution < 1.29 is 9.21 Å². The average molecular weight is 324 g/mol. The van der Waals surface area contributed by atoms with E-state index >= 15 is 0 Å². The van der Waals surface area contributed by atoms with Crippen LogP contribution in [0.3, 0.4) is 0 Å². The molecular formula is C16H16N6O2. The van der Waals surface area contributed by atoms with Crippen molar-refractivity contribution in [3.63, 3.8) is 0 Å². The molecule has 2 heterocycles. The maximum atomic E-state index is 11.9. The van der Waals surface area contributed by atoms with Gasteiger partial charge in [0.25, 0.3) is 5.91 Å². The quantitative estimate of drug-likeness (QED) is 0.425. The Bertz CT molecular complexity index is 940. The zero-order chi connectivity index (χ0) is 17.4. The van der Waals surface area contributed by atoms with E-state index in [4.69, 9.17) is 27.0 Å². The van der Waals surface area contributed by atoms with E-state index in [1.165, 1.54) is 10.9 Å². The summed E-state index contributed by atoms with van der Waals surface area (Å²) in [6.07, 6.45) is 2.58. The molecule has 24 heavy (non-hydrogen) atoms. The maximum absolute atomic E-state index is 11.9. The number of aromatic nitrogens is 2. The van der Waals surface area contributed by atoms with E-state index in [0.29, 0.717) is 22.7 Å². The summed E-state index contributed by atoms with van der Waals surface area (Å²) < 4.78 is 6.68. The van der Waals surface area contributed by atoms with Crippen LogP contribution in [-0.4, -0.2) is 21.9 Å². The number of amides is 1. The van der Waals surface area contributed by atoms with Gasteiger partial charge in [-0.3, -0.25) is 4.79 Å². The topological polar surface area (TPSA) is 150 Å². The molecule has 1 amide bonds. The number of furan rings is 1. The Kier molecular flexibility index (Phi) is 3.57. The number of nitrogen functional groups attached to an aromatic ring is 2. The van der Waals surface area contributed by atoms with Crippen LogP contribution in [0.1, 0.15) is 21.5 Å². The fourth-order valence-corrected chi connectivity index (χ4v) is 2.60. The normalized spacial score (nSPS) is 10.7. The molecule has 0 aliphatic heterocycles. The average Bonchev–Trinajstić information content (AvgIpc) is 3.16. The van der Waals surface area contributed by atoms with Crippen molar-refractivity contribution in [2.24, 2.45) is 5.73 Å². The van der Waals surface area contributed by atoms with Crippen molar-refractivity contribution in [1.29, 1.82) is 5.41 Å². The van der Waals surface area contributed by atoms with Crippen LogP contribution >= 0.6 is 0 Å². The van der Waals surface area contributed by atoms with E-state index in [1.807, 2.05) is 6.92 Å². The van der Waals surface area contributed by atoms with E-state index in [2.05, 4.69) is 5.10 Å². The second kappa shape index (κ2) is 5.58. The number of carbonyl (C=O) groups is 1. The third-order valence-electron chi connectivity index (χ3n) is 3.73. The zero-order valence-electron chi connectivity index (χ0n) is 12.9. The lowest BCUT2D eigenvalue weighted by Gasteiger charge is -2.13. The van der Waals surface area contributed by atoms with E-state index < -0.39 is 5.91 Å². The number of hydrogen-bond acceptors (Lipinski definition) is 6. The molecule has 0 saturated heterocycles. The number of carbonyl (C=O) groups excluding carboxylic acids is 1. The Balaban J connectivity index is 2.36. The molecule has 7 N–H and O–H groups in total. The smallest absolute Gasteiger partial charge is 0.254 e. The number of hydrogen-bond donors (Lipinski definition) is 4. The lowest BCUT2D eigenvalue weighted by molar-refractivity contribution is 0.100. The van der Waals surface area contributed by atoms with Crippen LogP contribution in [0.5, 0.6) is 0 Å². The Morgan fingerprint density at radius 3 is 2.67 bits per heavy atom. The minimum Gasteiger partial charge on any atom is -0.463 e. The van der Waals surface area contributed by atoms with Gasteiger partial charge in [-0.15, -0.1) is 0 Å². The molecule has 0 atom stereocenters. The summed E-state index contributed by atoms with van der Waals surface area (Å²) in [5, 5.41) is 12.0. The Morgan fingerprint density at radius 1 is 1.33 bits per heavy atom. The molecule has 8 nitrogen and oxygen atoms in total. The van der Waals surface area contributed by atoms with E-state index in [9.17, 15) is 4.79 Å². The molecule has 0 unspecified atom stereocenters. The highest BCUT2D eigenvalue weighted by Crippen LogP contribution is 2.32. The predicted molar refractivity (Wildman–Crippen MR) is 91.2 cm³/mol. The van der Waals surface area contributed by atoms with Crippen molar-refractivity contribution in [2.45, 2.75) is 6.92 Å². The summed E-state index contributed by atoms with van der Waals surface area (Å²) in [6.45, 7) is 1.83. The molecule has 0 aliphatic rings. The largest absolute Gasteiger partial charge is 0.463 e. The minimum absolute atomic E-state index is 0.0581. The SMILES string of the molecule is Cc1ccc(N)c(C=N)c1-n1nc(-c2ccco2)c(C(N)=O)c1N. The number of nitrogens with zero attached hydrogens (tertiary/aromatic N) is 2. The van der Waals surface area contributed by atoms with Gasteiger partial charge in [0.1, 0.15) is 17.1 Å². The first-order chi connectivity index (χ1) is 11.5. The number of benzene rings is 1. The molecule has 8 heteroatoms. The Hall–Kier alpha value is -3.55. The van der Waals surface area contributed by atoms with Crippen molar-refractivity contribution in [2.75, 3.05) is 11.5 Å². The molecule has 3 rings (SSSR count). The van der Waals surface area contributed by atoms with Crippen LogP contribution in [0.25, 0.3) is 17.1 Å². The van der Waals surface area contributed by atoms with Gasteiger partial charge >= 0.3 is 0 Å². The van der Waals surface area contributed by atoms with E-state index in [0.717, 1.165) is 11.8 Å². The summed E-state index contributed by atoms with van der Waals surface area (Å²) in [7, 11) is 0. The monoisotopic (exact) mass is 324 g/mol. The van der Waals surface area contributed by atoms with Gasteiger partial charge in [0.05, 0.1) is 12.0 Å². The highest BCUT2D eigenvalue weighted by molar-refractivity contribution is 6.03. The van der Waals surface area contributed by atoms with Crippen LogP contribution < -0.4 is 17.2 Å². The van der Waals surface area contributed by atoms with Crippen LogP contribution in [-0.2, 0) is 0 Å². The summed E-state index contributed by atoms with van der Waals surface area (Å²) in [5.74, 6) is -0.291. The first-order valence-electron chi connectivity index (χ1n) is 7.07. The summed E-state index contributed by atoms with van der Waals surface area (Å²) in [5.41, 5.74) is 20.0. The molecular weight excluding hydrogens is 308 g/mol. The lowest BCUT2D eigenvalue weighted by atomic mass is 10.1. The first kappa shape index (κ1) is 15.3. The van der Waals surface area contributed by atoms with Crippen LogP contribution in [0.2, 0.25) is 0 Å². The van der Waals surface area contributed by atoms with Crippen LogP contribution in [0.15, 0.2) is 34.9 Å². The minimum atomic E-state index is -0.719. The maximum Gasteiger partial charge on any atom is 0.254 e. The second-order valence-electron chi connectivity index (χ2n) is 5.24. The van der Waals surface area contributed by atoms with Gasteiger partial charge in [0.2, 0.25) is 0 Å². The molecule has 0 spiro atoms. The fourth-order valence-electron chi connectivity index (χ4n) is 2.60.